The summed E-state index contributed by atoms with van der Waals surface area (Å²) < 4.78 is 0. The van der Waals surface area contributed by atoms with Crippen LogP contribution in [0.4, 0.5) is 5.82 Å². The summed E-state index contributed by atoms with van der Waals surface area (Å²) in [6, 6.07) is 9.02. The maximum absolute atomic E-state index is 11.2. The van der Waals surface area contributed by atoms with Crippen molar-refractivity contribution in [2.45, 2.75) is 20.1 Å². The van der Waals surface area contributed by atoms with Crippen LogP contribution in [0.3, 0.4) is 0 Å². The topological polar surface area (TPSA) is 78.0 Å². The van der Waals surface area contributed by atoms with Gasteiger partial charge in [0.05, 0.1) is 6.61 Å². The van der Waals surface area contributed by atoms with E-state index < -0.39 is 0 Å². The zero-order valence-electron chi connectivity index (χ0n) is 10.1. The first kappa shape index (κ1) is 12.3. The Morgan fingerprint density at radius 1 is 1.28 bits per heavy atom. The van der Waals surface area contributed by atoms with E-state index in [1.807, 2.05) is 24.3 Å². The SMILES string of the molecule is Cc1nc(NCc2ccc(CO)cc2)cc(=O)[nH]1. The van der Waals surface area contributed by atoms with Crippen LogP contribution in [-0.2, 0) is 13.2 Å². The summed E-state index contributed by atoms with van der Waals surface area (Å²) >= 11 is 0. The molecule has 2 aromatic rings. The highest BCUT2D eigenvalue weighted by Gasteiger charge is 1.98. The van der Waals surface area contributed by atoms with Crippen LogP contribution in [-0.4, -0.2) is 15.1 Å². The third-order valence-electron chi connectivity index (χ3n) is 2.54. The largest absolute Gasteiger partial charge is 0.392 e. The predicted molar refractivity (Wildman–Crippen MR) is 69.3 cm³/mol. The minimum atomic E-state index is -0.166. The standard InChI is InChI=1S/C13H15N3O2/c1-9-15-12(6-13(18)16-9)14-7-10-2-4-11(8-17)5-3-10/h2-6,17H,7-8H2,1H3,(H2,14,15,16,18). The summed E-state index contributed by atoms with van der Waals surface area (Å²) in [5, 5.41) is 12.0. The molecule has 0 saturated heterocycles. The number of nitrogens with one attached hydrogen (secondary N) is 2. The van der Waals surface area contributed by atoms with Crippen LogP contribution in [0, 0.1) is 6.92 Å². The zero-order valence-corrected chi connectivity index (χ0v) is 10.1. The number of aryl methyl sites for hydroxylation is 1. The summed E-state index contributed by atoms with van der Waals surface area (Å²) in [5.74, 6) is 1.14. The smallest absolute Gasteiger partial charge is 0.252 e. The summed E-state index contributed by atoms with van der Waals surface area (Å²) in [4.78, 5) is 18.0. The van der Waals surface area contributed by atoms with E-state index in [-0.39, 0.29) is 12.2 Å². The molecule has 18 heavy (non-hydrogen) atoms. The van der Waals surface area contributed by atoms with Crippen molar-refractivity contribution in [2.75, 3.05) is 5.32 Å². The minimum absolute atomic E-state index is 0.0442. The highest BCUT2D eigenvalue weighted by atomic mass is 16.3. The van der Waals surface area contributed by atoms with Gasteiger partial charge in [-0.2, -0.15) is 0 Å². The summed E-state index contributed by atoms with van der Waals surface area (Å²) in [6.45, 7) is 2.37. The van der Waals surface area contributed by atoms with Gasteiger partial charge in [-0.1, -0.05) is 24.3 Å². The zero-order chi connectivity index (χ0) is 13.0. The summed E-state index contributed by atoms with van der Waals surface area (Å²) in [5.41, 5.74) is 1.77. The van der Waals surface area contributed by atoms with Crippen LogP contribution in [0.2, 0.25) is 0 Å². The number of aliphatic hydroxyl groups excluding tert-OH is 1. The molecule has 5 nitrogen and oxygen atoms in total. The Bertz CT molecular complexity index is 576. The normalized spacial score (nSPS) is 10.3. The molecule has 3 N–H and O–H groups in total. The highest BCUT2D eigenvalue weighted by molar-refractivity contribution is 5.35. The molecule has 2 rings (SSSR count). The molecule has 94 valence electrons. The fourth-order valence-electron chi connectivity index (χ4n) is 1.63. The van der Waals surface area contributed by atoms with Crippen LogP contribution in [0.1, 0.15) is 17.0 Å². The molecule has 0 amide bonds. The number of aliphatic hydroxyl groups is 1. The molecule has 1 aromatic heterocycles. The molecule has 0 spiro atoms. The van der Waals surface area contributed by atoms with E-state index in [1.54, 1.807) is 6.92 Å². The molecule has 0 saturated carbocycles. The van der Waals surface area contributed by atoms with Crippen molar-refractivity contribution >= 4 is 5.82 Å². The van der Waals surface area contributed by atoms with Gasteiger partial charge in [0.15, 0.2) is 0 Å². The number of rotatable bonds is 4. The number of hydrogen-bond donors (Lipinski definition) is 3. The van der Waals surface area contributed by atoms with E-state index >= 15 is 0 Å². The second-order valence-corrected chi connectivity index (χ2v) is 4.04. The second-order valence-electron chi connectivity index (χ2n) is 4.04. The van der Waals surface area contributed by atoms with E-state index in [0.717, 1.165) is 11.1 Å². The molecule has 0 aliphatic rings. The average molecular weight is 245 g/mol. The maximum Gasteiger partial charge on any atom is 0.252 e. The van der Waals surface area contributed by atoms with E-state index in [4.69, 9.17) is 5.11 Å². The Morgan fingerprint density at radius 2 is 1.94 bits per heavy atom. The molecule has 1 heterocycles. The van der Waals surface area contributed by atoms with Gasteiger partial charge in [-0.05, 0) is 18.1 Å². The number of nitrogens with zero attached hydrogens (tertiary/aromatic N) is 1. The van der Waals surface area contributed by atoms with E-state index in [9.17, 15) is 4.79 Å². The molecule has 1 aromatic carbocycles. The molecule has 5 heteroatoms. The first-order valence-electron chi connectivity index (χ1n) is 5.68. The average Bonchev–Trinajstić information content (AvgIpc) is 2.36. The summed E-state index contributed by atoms with van der Waals surface area (Å²) in [6.07, 6.45) is 0. The quantitative estimate of drug-likeness (QED) is 0.756. The Kier molecular flexibility index (Phi) is 3.74. The highest BCUT2D eigenvalue weighted by Crippen LogP contribution is 2.07. The van der Waals surface area contributed by atoms with Gasteiger partial charge in [-0.25, -0.2) is 4.98 Å². The lowest BCUT2D eigenvalue weighted by Crippen LogP contribution is -2.11. The monoisotopic (exact) mass is 245 g/mol. The van der Waals surface area contributed by atoms with Crippen molar-refractivity contribution in [3.05, 3.63) is 57.6 Å². The van der Waals surface area contributed by atoms with Gasteiger partial charge in [-0.15, -0.1) is 0 Å². The first-order chi connectivity index (χ1) is 8.67. The van der Waals surface area contributed by atoms with Gasteiger partial charge in [0, 0.05) is 12.6 Å². The number of benzene rings is 1. The third-order valence-corrected chi connectivity index (χ3v) is 2.54. The predicted octanol–water partition coefficient (Wildman–Crippen LogP) is 1.18. The fourth-order valence-corrected chi connectivity index (χ4v) is 1.63. The van der Waals surface area contributed by atoms with Gasteiger partial charge < -0.3 is 15.4 Å². The van der Waals surface area contributed by atoms with Gasteiger partial charge in [0.1, 0.15) is 11.6 Å². The molecule has 0 aliphatic heterocycles. The van der Waals surface area contributed by atoms with Crippen LogP contribution in [0.15, 0.2) is 35.1 Å². The van der Waals surface area contributed by atoms with Gasteiger partial charge in [-0.3, -0.25) is 4.79 Å². The first-order valence-corrected chi connectivity index (χ1v) is 5.68. The Labute approximate surface area is 105 Å². The van der Waals surface area contributed by atoms with Gasteiger partial charge in [0.25, 0.3) is 5.56 Å². The van der Waals surface area contributed by atoms with Crippen LogP contribution >= 0.6 is 0 Å². The number of anilines is 1. The van der Waals surface area contributed by atoms with Gasteiger partial charge >= 0.3 is 0 Å². The lowest BCUT2D eigenvalue weighted by atomic mass is 10.1. The molecule has 0 bridgehead atoms. The Balaban J connectivity index is 2.04. The van der Waals surface area contributed by atoms with E-state index in [1.165, 1.54) is 6.07 Å². The molecule has 0 radical (unpaired) electrons. The number of H-pyrrole nitrogens is 1. The minimum Gasteiger partial charge on any atom is -0.392 e. The molecular formula is C13H15N3O2. The molecule has 0 fully saturated rings. The molecule has 0 aliphatic carbocycles. The lowest BCUT2D eigenvalue weighted by Gasteiger charge is -2.06. The van der Waals surface area contributed by atoms with Crippen LogP contribution in [0.5, 0.6) is 0 Å². The Hall–Kier alpha value is -2.14. The number of aromatic nitrogens is 2. The van der Waals surface area contributed by atoms with Crippen molar-refractivity contribution in [3.63, 3.8) is 0 Å². The lowest BCUT2D eigenvalue weighted by molar-refractivity contribution is 0.282. The molecule has 0 unspecified atom stereocenters. The molecule has 0 atom stereocenters. The fraction of sp³-hybridized carbons (Fsp3) is 0.231. The number of hydrogen-bond acceptors (Lipinski definition) is 4. The van der Waals surface area contributed by atoms with Crippen LogP contribution < -0.4 is 10.9 Å². The Morgan fingerprint density at radius 3 is 2.56 bits per heavy atom. The second kappa shape index (κ2) is 5.46. The van der Waals surface area contributed by atoms with Gasteiger partial charge in [0.2, 0.25) is 0 Å². The van der Waals surface area contributed by atoms with E-state index in [0.29, 0.717) is 18.2 Å². The van der Waals surface area contributed by atoms with Crippen molar-refractivity contribution < 1.29 is 5.11 Å². The number of aromatic amines is 1. The van der Waals surface area contributed by atoms with Crippen molar-refractivity contribution in [1.82, 2.24) is 9.97 Å². The van der Waals surface area contributed by atoms with Crippen molar-refractivity contribution in [1.29, 1.82) is 0 Å². The summed E-state index contributed by atoms with van der Waals surface area (Å²) in [7, 11) is 0. The van der Waals surface area contributed by atoms with Crippen molar-refractivity contribution in [2.24, 2.45) is 0 Å². The van der Waals surface area contributed by atoms with Crippen molar-refractivity contribution in [3.8, 4) is 0 Å². The third kappa shape index (κ3) is 3.18. The van der Waals surface area contributed by atoms with E-state index in [2.05, 4.69) is 15.3 Å². The molecular weight excluding hydrogens is 230 g/mol. The van der Waals surface area contributed by atoms with Crippen LogP contribution in [0.25, 0.3) is 0 Å². The maximum atomic E-state index is 11.2.